The normalized spacial score (nSPS) is 23.2. The van der Waals surface area contributed by atoms with Crippen LogP contribution in [0.25, 0.3) is 0 Å². The fourth-order valence-corrected chi connectivity index (χ4v) is 2.90. The fraction of sp³-hybridized carbons (Fsp3) is 0.929. The molecule has 2 heterocycles. The molecule has 0 unspecified atom stereocenters. The number of nitrogens with one attached hydrogen (secondary N) is 1. The molecule has 4 nitrogen and oxygen atoms in total. The SMILES string of the molecule is O=CN1CCC(CCOCC2CCNCC2)CC1. The molecule has 2 rings (SSSR count). The highest BCUT2D eigenvalue weighted by Crippen LogP contribution is 2.20. The number of amides is 1. The highest BCUT2D eigenvalue weighted by Gasteiger charge is 2.18. The second-order valence-electron chi connectivity index (χ2n) is 5.64. The van der Waals surface area contributed by atoms with Crippen LogP contribution < -0.4 is 5.32 Å². The van der Waals surface area contributed by atoms with Gasteiger partial charge in [-0.15, -0.1) is 0 Å². The van der Waals surface area contributed by atoms with Gasteiger partial charge in [0.1, 0.15) is 0 Å². The lowest BCUT2D eigenvalue weighted by molar-refractivity contribution is -0.119. The molecular weight excluding hydrogens is 228 g/mol. The standard InChI is InChI=1S/C14H26N2O2/c17-12-16-8-3-13(4-9-16)5-10-18-11-14-1-6-15-7-2-14/h12-15H,1-11H2. The van der Waals surface area contributed by atoms with Crippen molar-refractivity contribution in [1.82, 2.24) is 10.2 Å². The Morgan fingerprint density at radius 1 is 1.11 bits per heavy atom. The minimum absolute atomic E-state index is 0.759. The number of nitrogens with zero attached hydrogens (tertiary/aromatic N) is 1. The number of piperidine rings is 2. The average Bonchev–Trinajstić information content (AvgIpc) is 2.45. The molecule has 18 heavy (non-hydrogen) atoms. The molecule has 0 aromatic rings. The number of rotatable bonds is 6. The number of hydrogen-bond donors (Lipinski definition) is 1. The maximum Gasteiger partial charge on any atom is 0.209 e. The van der Waals surface area contributed by atoms with E-state index in [9.17, 15) is 4.79 Å². The number of likely N-dealkylation sites (tertiary alicyclic amines) is 1. The monoisotopic (exact) mass is 254 g/mol. The number of hydrogen-bond acceptors (Lipinski definition) is 3. The van der Waals surface area contributed by atoms with E-state index < -0.39 is 0 Å². The van der Waals surface area contributed by atoms with Gasteiger partial charge in [-0.3, -0.25) is 4.79 Å². The lowest BCUT2D eigenvalue weighted by Crippen LogP contribution is -2.33. The van der Waals surface area contributed by atoms with Crippen molar-refractivity contribution in [1.29, 1.82) is 0 Å². The minimum atomic E-state index is 0.759. The lowest BCUT2D eigenvalue weighted by atomic mass is 9.94. The van der Waals surface area contributed by atoms with Gasteiger partial charge in [-0.05, 0) is 57.0 Å². The molecule has 2 aliphatic rings. The molecule has 1 amide bonds. The van der Waals surface area contributed by atoms with Gasteiger partial charge in [0.25, 0.3) is 0 Å². The van der Waals surface area contributed by atoms with Crippen molar-refractivity contribution in [3.63, 3.8) is 0 Å². The summed E-state index contributed by atoms with van der Waals surface area (Å²) in [6, 6.07) is 0. The molecule has 2 saturated heterocycles. The van der Waals surface area contributed by atoms with E-state index in [1.807, 2.05) is 4.90 Å². The summed E-state index contributed by atoms with van der Waals surface area (Å²) >= 11 is 0. The average molecular weight is 254 g/mol. The smallest absolute Gasteiger partial charge is 0.209 e. The van der Waals surface area contributed by atoms with Crippen LogP contribution in [0.4, 0.5) is 0 Å². The van der Waals surface area contributed by atoms with Crippen LogP contribution in [0.3, 0.4) is 0 Å². The van der Waals surface area contributed by atoms with Crippen molar-refractivity contribution in [3.8, 4) is 0 Å². The van der Waals surface area contributed by atoms with Crippen LogP contribution in [0.2, 0.25) is 0 Å². The van der Waals surface area contributed by atoms with Gasteiger partial charge in [0, 0.05) is 26.3 Å². The summed E-state index contributed by atoms with van der Waals surface area (Å²) in [5.74, 6) is 1.53. The van der Waals surface area contributed by atoms with Crippen LogP contribution in [-0.4, -0.2) is 50.7 Å². The zero-order valence-electron chi connectivity index (χ0n) is 11.3. The predicted molar refractivity (Wildman–Crippen MR) is 71.4 cm³/mol. The van der Waals surface area contributed by atoms with Crippen LogP contribution in [-0.2, 0) is 9.53 Å². The van der Waals surface area contributed by atoms with Gasteiger partial charge in [0.2, 0.25) is 6.41 Å². The van der Waals surface area contributed by atoms with Crippen molar-refractivity contribution < 1.29 is 9.53 Å². The first-order valence-electron chi connectivity index (χ1n) is 7.36. The van der Waals surface area contributed by atoms with E-state index >= 15 is 0 Å². The quantitative estimate of drug-likeness (QED) is 0.573. The van der Waals surface area contributed by atoms with Gasteiger partial charge in [0.05, 0.1) is 0 Å². The summed E-state index contributed by atoms with van der Waals surface area (Å²) in [6.07, 6.45) is 6.96. The minimum Gasteiger partial charge on any atom is -0.381 e. The Kier molecular flexibility index (Phi) is 5.94. The van der Waals surface area contributed by atoms with Crippen LogP contribution >= 0.6 is 0 Å². The first-order chi connectivity index (χ1) is 8.88. The number of carbonyl (C=O) groups is 1. The maximum atomic E-state index is 10.6. The predicted octanol–water partition coefficient (Wildman–Crippen LogP) is 1.26. The van der Waals surface area contributed by atoms with Gasteiger partial charge in [-0.25, -0.2) is 0 Å². The highest BCUT2D eigenvalue weighted by atomic mass is 16.5. The summed E-state index contributed by atoms with van der Waals surface area (Å²) in [5.41, 5.74) is 0. The van der Waals surface area contributed by atoms with Gasteiger partial charge in [-0.1, -0.05) is 0 Å². The number of carbonyl (C=O) groups excluding carboxylic acids is 1. The fourth-order valence-electron chi connectivity index (χ4n) is 2.90. The van der Waals surface area contributed by atoms with E-state index in [4.69, 9.17) is 4.74 Å². The summed E-state index contributed by atoms with van der Waals surface area (Å²) < 4.78 is 5.82. The highest BCUT2D eigenvalue weighted by molar-refractivity contribution is 5.47. The molecule has 1 N–H and O–H groups in total. The summed E-state index contributed by atoms with van der Waals surface area (Å²) in [7, 11) is 0. The molecule has 0 atom stereocenters. The second-order valence-corrected chi connectivity index (χ2v) is 5.64. The molecule has 0 aliphatic carbocycles. The molecule has 0 aromatic carbocycles. The van der Waals surface area contributed by atoms with Crippen LogP contribution in [0, 0.1) is 11.8 Å². The van der Waals surface area contributed by atoms with E-state index in [1.165, 1.54) is 12.8 Å². The molecule has 0 spiro atoms. The van der Waals surface area contributed by atoms with E-state index in [1.54, 1.807) is 0 Å². The van der Waals surface area contributed by atoms with Gasteiger partial charge >= 0.3 is 0 Å². The molecule has 0 aromatic heterocycles. The van der Waals surface area contributed by atoms with E-state index in [0.717, 1.165) is 76.9 Å². The Labute approximate surface area is 110 Å². The Hall–Kier alpha value is -0.610. The van der Waals surface area contributed by atoms with Crippen LogP contribution in [0.15, 0.2) is 0 Å². The van der Waals surface area contributed by atoms with Gasteiger partial charge in [0.15, 0.2) is 0 Å². The summed E-state index contributed by atoms with van der Waals surface area (Å²) in [4.78, 5) is 12.5. The molecular formula is C14H26N2O2. The third kappa shape index (κ3) is 4.58. The third-order valence-electron chi connectivity index (χ3n) is 4.28. The third-order valence-corrected chi connectivity index (χ3v) is 4.28. The van der Waals surface area contributed by atoms with Crippen molar-refractivity contribution in [2.75, 3.05) is 39.4 Å². The zero-order valence-corrected chi connectivity index (χ0v) is 11.3. The Morgan fingerprint density at radius 3 is 2.50 bits per heavy atom. The summed E-state index contributed by atoms with van der Waals surface area (Å²) in [6.45, 7) is 6.01. The zero-order chi connectivity index (χ0) is 12.6. The molecule has 104 valence electrons. The molecule has 0 bridgehead atoms. The molecule has 0 radical (unpaired) electrons. The van der Waals surface area contributed by atoms with Crippen molar-refractivity contribution in [2.45, 2.75) is 32.1 Å². The molecule has 0 saturated carbocycles. The van der Waals surface area contributed by atoms with E-state index in [-0.39, 0.29) is 0 Å². The Bertz CT molecular complexity index is 234. The summed E-state index contributed by atoms with van der Waals surface area (Å²) in [5, 5.41) is 3.38. The Balaban J connectivity index is 1.49. The topological polar surface area (TPSA) is 41.6 Å². The van der Waals surface area contributed by atoms with E-state index in [2.05, 4.69) is 5.32 Å². The molecule has 2 aliphatic heterocycles. The van der Waals surface area contributed by atoms with Crippen molar-refractivity contribution in [2.24, 2.45) is 11.8 Å². The largest absolute Gasteiger partial charge is 0.381 e. The van der Waals surface area contributed by atoms with Crippen molar-refractivity contribution >= 4 is 6.41 Å². The number of ether oxygens (including phenoxy) is 1. The van der Waals surface area contributed by atoms with Gasteiger partial charge in [-0.2, -0.15) is 0 Å². The van der Waals surface area contributed by atoms with Crippen LogP contribution in [0.1, 0.15) is 32.1 Å². The molecule has 4 heteroatoms. The van der Waals surface area contributed by atoms with E-state index in [0.29, 0.717) is 0 Å². The first-order valence-corrected chi connectivity index (χ1v) is 7.36. The maximum absolute atomic E-state index is 10.6. The van der Waals surface area contributed by atoms with Crippen LogP contribution in [0.5, 0.6) is 0 Å². The Morgan fingerprint density at radius 2 is 1.83 bits per heavy atom. The lowest BCUT2D eigenvalue weighted by Gasteiger charge is -2.29. The molecule has 2 fully saturated rings. The second kappa shape index (κ2) is 7.74. The van der Waals surface area contributed by atoms with Crippen molar-refractivity contribution in [3.05, 3.63) is 0 Å². The van der Waals surface area contributed by atoms with Gasteiger partial charge < -0.3 is 15.0 Å². The first kappa shape index (κ1) is 13.8.